The summed E-state index contributed by atoms with van der Waals surface area (Å²) in [4.78, 5) is 13.7. The fraction of sp³-hybridized carbons (Fsp3) is 0.467. The number of benzene rings is 1. The van der Waals surface area contributed by atoms with Crippen LogP contribution in [0.15, 0.2) is 24.3 Å². The Morgan fingerprint density at radius 2 is 2.30 bits per heavy atom. The minimum absolute atomic E-state index is 0.00139. The molecular weight excluding hydrogens is 254 g/mol. The summed E-state index contributed by atoms with van der Waals surface area (Å²) in [6.45, 7) is 5.08. The number of carbonyl (C=O) groups excluding carboxylic acids is 1. The molecule has 5 nitrogen and oxygen atoms in total. The minimum atomic E-state index is -0.159. The quantitative estimate of drug-likeness (QED) is 0.772. The molecule has 0 aliphatic carbocycles. The van der Waals surface area contributed by atoms with Gasteiger partial charge in [-0.05, 0) is 26.0 Å². The summed E-state index contributed by atoms with van der Waals surface area (Å²) >= 11 is 0. The topological polar surface area (TPSA) is 79.3 Å². The number of nitrogen functional groups attached to an aromatic ring is 1. The number of hydrogen-bond acceptors (Lipinski definition) is 4. The van der Waals surface area contributed by atoms with Gasteiger partial charge in [-0.2, -0.15) is 5.26 Å². The molecule has 20 heavy (non-hydrogen) atoms. The van der Waals surface area contributed by atoms with Crippen LogP contribution in [0.2, 0.25) is 0 Å². The predicted molar refractivity (Wildman–Crippen MR) is 78.0 cm³/mol. The van der Waals surface area contributed by atoms with E-state index in [0.29, 0.717) is 37.6 Å². The lowest BCUT2D eigenvalue weighted by molar-refractivity contribution is -0.131. The third-order valence-electron chi connectivity index (χ3n) is 2.89. The molecule has 0 saturated carbocycles. The molecule has 1 atom stereocenters. The summed E-state index contributed by atoms with van der Waals surface area (Å²) in [5.74, 6) is 0.499. The SMILES string of the molecule is CCN(CC(C)C#N)C(=O)CCOc1cccc(N)c1. The van der Waals surface area contributed by atoms with E-state index in [1.54, 1.807) is 36.1 Å². The Bertz CT molecular complexity index is 482. The molecule has 0 heterocycles. The molecule has 1 aromatic rings. The van der Waals surface area contributed by atoms with Crippen LogP contribution in [0, 0.1) is 17.2 Å². The maximum Gasteiger partial charge on any atom is 0.226 e. The van der Waals surface area contributed by atoms with E-state index in [4.69, 9.17) is 15.7 Å². The van der Waals surface area contributed by atoms with E-state index >= 15 is 0 Å². The highest BCUT2D eigenvalue weighted by molar-refractivity contribution is 5.76. The van der Waals surface area contributed by atoms with Gasteiger partial charge in [0, 0.05) is 24.8 Å². The summed E-state index contributed by atoms with van der Waals surface area (Å²) in [5.41, 5.74) is 6.28. The highest BCUT2D eigenvalue weighted by Crippen LogP contribution is 2.14. The summed E-state index contributed by atoms with van der Waals surface area (Å²) in [6.07, 6.45) is 0.292. The normalized spacial score (nSPS) is 11.4. The summed E-state index contributed by atoms with van der Waals surface area (Å²) in [6, 6.07) is 9.24. The third kappa shape index (κ3) is 5.19. The van der Waals surface area contributed by atoms with Crippen LogP contribution in [0.1, 0.15) is 20.3 Å². The maximum atomic E-state index is 12.0. The Kier molecular flexibility index (Phi) is 6.38. The minimum Gasteiger partial charge on any atom is -0.493 e. The van der Waals surface area contributed by atoms with E-state index in [-0.39, 0.29) is 11.8 Å². The maximum absolute atomic E-state index is 12.0. The zero-order chi connectivity index (χ0) is 15.0. The average molecular weight is 275 g/mol. The van der Waals surface area contributed by atoms with Gasteiger partial charge in [0.05, 0.1) is 25.0 Å². The molecule has 0 radical (unpaired) electrons. The largest absolute Gasteiger partial charge is 0.493 e. The van der Waals surface area contributed by atoms with Crippen LogP contribution in [0.4, 0.5) is 5.69 Å². The molecule has 1 amide bonds. The van der Waals surface area contributed by atoms with Crippen LogP contribution >= 0.6 is 0 Å². The van der Waals surface area contributed by atoms with Gasteiger partial charge in [0.1, 0.15) is 5.75 Å². The molecule has 2 N–H and O–H groups in total. The van der Waals surface area contributed by atoms with Crippen molar-refractivity contribution < 1.29 is 9.53 Å². The molecule has 0 fully saturated rings. The van der Waals surface area contributed by atoms with Crippen LogP contribution in [0.3, 0.4) is 0 Å². The molecule has 1 rings (SSSR count). The van der Waals surface area contributed by atoms with Gasteiger partial charge in [0.25, 0.3) is 0 Å². The Balaban J connectivity index is 2.40. The second-order valence-electron chi connectivity index (χ2n) is 4.63. The lowest BCUT2D eigenvalue weighted by atomic mass is 10.2. The lowest BCUT2D eigenvalue weighted by Crippen LogP contribution is -2.35. The first kappa shape index (κ1) is 15.8. The Labute approximate surface area is 119 Å². The number of hydrogen-bond donors (Lipinski definition) is 1. The van der Waals surface area contributed by atoms with Gasteiger partial charge in [-0.15, -0.1) is 0 Å². The molecule has 5 heteroatoms. The smallest absolute Gasteiger partial charge is 0.226 e. The zero-order valence-electron chi connectivity index (χ0n) is 12.0. The molecule has 0 aliphatic rings. The number of carbonyl (C=O) groups is 1. The van der Waals surface area contributed by atoms with Crippen LogP contribution in [0.5, 0.6) is 5.75 Å². The molecule has 1 unspecified atom stereocenters. The number of ether oxygens (including phenoxy) is 1. The Hall–Kier alpha value is -2.22. The number of rotatable bonds is 7. The monoisotopic (exact) mass is 275 g/mol. The van der Waals surface area contributed by atoms with E-state index in [1.807, 2.05) is 6.92 Å². The van der Waals surface area contributed by atoms with Gasteiger partial charge >= 0.3 is 0 Å². The van der Waals surface area contributed by atoms with Crippen molar-refractivity contribution in [1.29, 1.82) is 5.26 Å². The molecule has 0 spiro atoms. The fourth-order valence-electron chi connectivity index (χ4n) is 1.80. The van der Waals surface area contributed by atoms with E-state index in [0.717, 1.165) is 0 Å². The van der Waals surface area contributed by atoms with Crippen LogP contribution in [-0.4, -0.2) is 30.5 Å². The van der Waals surface area contributed by atoms with Gasteiger partial charge in [0.15, 0.2) is 0 Å². The second kappa shape index (κ2) is 8.05. The molecule has 0 aliphatic heterocycles. The van der Waals surface area contributed by atoms with Gasteiger partial charge in [0.2, 0.25) is 5.91 Å². The van der Waals surface area contributed by atoms with Crippen molar-refractivity contribution in [1.82, 2.24) is 4.90 Å². The number of nitrogens with zero attached hydrogens (tertiary/aromatic N) is 2. The lowest BCUT2D eigenvalue weighted by Gasteiger charge is -2.22. The second-order valence-corrected chi connectivity index (χ2v) is 4.63. The van der Waals surface area contributed by atoms with Crippen molar-refractivity contribution in [2.24, 2.45) is 5.92 Å². The van der Waals surface area contributed by atoms with E-state index in [2.05, 4.69) is 6.07 Å². The molecule has 0 bridgehead atoms. The highest BCUT2D eigenvalue weighted by Gasteiger charge is 2.14. The fourth-order valence-corrected chi connectivity index (χ4v) is 1.80. The van der Waals surface area contributed by atoms with Crippen molar-refractivity contribution in [3.63, 3.8) is 0 Å². The molecule has 0 saturated heterocycles. The highest BCUT2D eigenvalue weighted by atomic mass is 16.5. The summed E-state index contributed by atoms with van der Waals surface area (Å²) in [7, 11) is 0. The first-order valence-corrected chi connectivity index (χ1v) is 6.72. The van der Waals surface area contributed by atoms with Crippen molar-refractivity contribution in [3.8, 4) is 11.8 Å². The van der Waals surface area contributed by atoms with Crippen LogP contribution < -0.4 is 10.5 Å². The average Bonchev–Trinajstić information content (AvgIpc) is 2.44. The van der Waals surface area contributed by atoms with E-state index in [9.17, 15) is 4.79 Å². The zero-order valence-corrected chi connectivity index (χ0v) is 12.0. The van der Waals surface area contributed by atoms with Crippen molar-refractivity contribution in [2.45, 2.75) is 20.3 Å². The first-order valence-electron chi connectivity index (χ1n) is 6.72. The van der Waals surface area contributed by atoms with Gasteiger partial charge in [-0.3, -0.25) is 4.79 Å². The predicted octanol–water partition coefficient (Wildman–Crippen LogP) is 2.05. The first-order chi connectivity index (χ1) is 9.56. The number of nitrogens with two attached hydrogens (primary N) is 1. The number of amides is 1. The summed E-state index contributed by atoms with van der Waals surface area (Å²) < 4.78 is 5.49. The number of anilines is 1. The molecule has 0 aromatic heterocycles. The third-order valence-corrected chi connectivity index (χ3v) is 2.89. The number of nitriles is 1. The summed E-state index contributed by atoms with van der Waals surface area (Å²) in [5, 5.41) is 8.79. The van der Waals surface area contributed by atoms with Crippen LogP contribution in [-0.2, 0) is 4.79 Å². The van der Waals surface area contributed by atoms with E-state index in [1.165, 1.54) is 0 Å². The molecular formula is C15H21N3O2. The van der Waals surface area contributed by atoms with Gasteiger partial charge in [-0.25, -0.2) is 0 Å². The van der Waals surface area contributed by atoms with Crippen molar-refractivity contribution in [3.05, 3.63) is 24.3 Å². The van der Waals surface area contributed by atoms with Crippen molar-refractivity contribution >= 4 is 11.6 Å². The molecule has 1 aromatic carbocycles. The Morgan fingerprint density at radius 1 is 1.55 bits per heavy atom. The Morgan fingerprint density at radius 3 is 2.90 bits per heavy atom. The van der Waals surface area contributed by atoms with Crippen molar-refractivity contribution in [2.75, 3.05) is 25.4 Å². The standard InChI is InChI=1S/C15H21N3O2/c1-3-18(11-12(2)10-16)15(19)7-8-20-14-6-4-5-13(17)9-14/h4-6,9,12H,3,7-8,11,17H2,1-2H3. The van der Waals surface area contributed by atoms with Crippen LogP contribution in [0.25, 0.3) is 0 Å². The van der Waals surface area contributed by atoms with Gasteiger partial charge in [-0.1, -0.05) is 6.07 Å². The van der Waals surface area contributed by atoms with E-state index < -0.39 is 0 Å². The van der Waals surface area contributed by atoms with Gasteiger partial charge < -0.3 is 15.4 Å². The molecule has 108 valence electrons.